The lowest BCUT2D eigenvalue weighted by atomic mass is 10.1. The van der Waals surface area contributed by atoms with Gasteiger partial charge in [0.15, 0.2) is 9.84 Å². The zero-order valence-electron chi connectivity index (χ0n) is 13.7. The average molecular weight is 352 g/mol. The molecule has 2 N–H and O–H groups in total. The monoisotopic (exact) mass is 352 g/mol. The highest BCUT2D eigenvalue weighted by Gasteiger charge is 2.23. The molecule has 0 aromatic heterocycles. The molecule has 1 aliphatic carbocycles. The predicted octanol–water partition coefficient (Wildman–Crippen LogP) is 1.88. The van der Waals surface area contributed by atoms with Gasteiger partial charge >= 0.3 is 0 Å². The van der Waals surface area contributed by atoms with Gasteiger partial charge in [-0.3, -0.25) is 9.59 Å². The van der Waals surface area contributed by atoms with E-state index >= 15 is 0 Å². The molecule has 0 atom stereocenters. The van der Waals surface area contributed by atoms with Gasteiger partial charge < -0.3 is 10.6 Å². The van der Waals surface area contributed by atoms with Gasteiger partial charge in [0, 0.05) is 11.7 Å². The first kappa shape index (κ1) is 18.4. The Balaban J connectivity index is 1.81. The number of nitrogens with one attached hydrogen (secondary N) is 2. The lowest BCUT2D eigenvalue weighted by molar-refractivity contribution is -0.119. The standard InChI is InChI=1S/C17H24N2O4S/c20-16(18-14-8-4-1-2-5-9-14)12-24(22,23)13-17(21)19-15-10-6-3-7-11-15/h3,6-7,10-11,14H,1-2,4-5,8-9,12-13H2,(H,18,20)(H,19,21). The van der Waals surface area contributed by atoms with Crippen LogP contribution in [0.3, 0.4) is 0 Å². The Hall–Kier alpha value is -1.89. The van der Waals surface area contributed by atoms with Crippen molar-refractivity contribution >= 4 is 27.3 Å². The summed E-state index contributed by atoms with van der Waals surface area (Å²) in [5.74, 6) is -2.50. The molecule has 1 aromatic carbocycles. The van der Waals surface area contributed by atoms with Crippen molar-refractivity contribution in [2.45, 2.75) is 44.6 Å². The summed E-state index contributed by atoms with van der Waals surface area (Å²) in [7, 11) is -3.78. The number of carbonyl (C=O) groups is 2. The summed E-state index contributed by atoms with van der Waals surface area (Å²) < 4.78 is 24.1. The number of rotatable bonds is 6. The number of hydrogen-bond acceptors (Lipinski definition) is 4. The minimum absolute atomic E-state index is 0.0494. The van der Waals surface area contributed by atoms with E-state index in [4.69, 9.17) is 0 Å². The molecule has 2 amide bonds. The van der Waals surface area contributed by atoms with Gasteiger partial charge in [-0.15, -0.1) is 0 Å². The Kier molecular flexibility index (Phi) is 6.78. The van der Waals surface area contributed by atoms with Gasteiger partial charge in [-0.25, -0.2) is 8.42 Å². The van der Waals surface area contributed by atoms with Crippen molar-refractivity contribution in [3.05, 3.63) is 30.3 Å². The molecule has 1 aliphatic rings. The minimum Gasteiger partial charge on any atom is -0.352 e. The van der Waals surface area contributed by atoms with E-state index in [-0.39, 0.29) is 6.04 Å². The third-order valence-corrected chi connectivity index (χ3v) is 5.38. The lowest BCUT2D eigenvalue weighted by Crippen LogP contribution is -2.39. The molecule has 0 spiro atoms. The summed E-state index contributed by atoms with van der Waals surface area (Å²) >= 11 is 0. The van der Waals surface area contributed by atoms with Crippen LogP contribution in [0.4, 0.5) is 5.69 Å². The van der Waals surface area contributed by atoms with E-state index in [0.717, 1.165) is 38.5 Å². The van der Waals surface area contributed by atoms with Crippen LogP contribution in [0.1, 0.15) is 38.5 Å². The molecular weight excluding hydrogens is 328 g/mol. The van der Waals surface area contributed by atoms with Gasteiger partial charge in [-0.1, -0.05) is 43.9 Å². The SMILES string of the molecule is O=C(CS(=O)(=O)CC(=O)NC1CCCCCC1)Nc1ccccc1. The van der Waals surface area contributed by atoms with E-state index in [1.165, 1.54) is 0 Å². The van der Waals surface area contributed by atoms with Crippen molar-refractivity contribution in [2.75, 3.05) is 16.8 Å². The van der Waals surface area contributed by atoms with Crippen LogP contribution in [0.15, 0.2) is 30.3 Å². The third-order valence-electron chi connectivity index (χ3n) is 3.98. The Morgan fingerprint density at radius 3 is 2.12 bits per heavy atom. The van der Waals surface area contributed by atoms with Crippen molar-refractivity contribution in [1.29, 1.82) is 0 Å². The molecule has 0 heterocycles. The zero-order valence-corrected chi connectivity index (χ0v) is 14.5. The van der Waals surface area contributed by atoms with Crippen LogP contribution in [0, 0.1) is 0 Å². The smallest absolute Gasteiger partial charge is 0.239 e. The van der Waals surface area contributed by atoms with Crippen molar-refractivity contribution in [2.24, 2.45) is 0 Å². The fourth-order valence-corrected chi connectivity index (χ4v) is 3.92. The largest absolute Gasteiger partial charge is 0.352 e. The molecule has 24 heavy (non-hydrogen) atoms. The first-order valence-electron chi connectivity index (χ1n) is 8.29. The highest BCUT2D eigenvalue weighted by molar-refractivity contribution is 7.92. The first-order chi connectivity index (χ1) is 11.4. The van der Waals surface area contributed by atoms with E-state index in [2.05, 4.69) is 10.6 Å². The lowest BCUT2D eigenvalue weighted by Gasteiger charge is -2.16. The van der Waals surface area contributed by atoms with E-state index in [0.29, 0.717) is 5.69 Å². The van der Waals surface area contributed by atoms with Crippen molar-refractivity contribution in [3.8, 4) is 0 Å². The second kappa shape index (κ2) is 8.82. The van der Waals surface area contributed by atoms with Crippen molar-refractivity contribution < 1.29 is 18.0 Å². The normalized spacial score (nSPS) is 16.2. The minimum atomic E-state index is -3.78. The average Bonchev–Trinajstić information content (AvgIpc) is 2.75. The van der Waals surface area contributed by atoms with Gasteiger partial charge in [-0.05, 0) is 25.0 Å². The van der Waals surface area contributed by atoms with E-state index < -0.39 is 33.2 Å². The molecule has 1 fully saturated rings. The molecule has 2 rings (SSSR count). The quantitative estimate of drug-likeness (QED) is 0.765. The van der Waals surface area contributed by atoms with E-state index in [1.807, 2.05) is 0 Å². The van der Waals surface area contributed by atoms with E-state index in [9.17, 15) is 18.0 Å². The van der Waals surface area contributed by atoms with Gasteiger partial charge in [0.2, 0.25) is 11.8 Å². The molecule has 0 aliphatic heterocycles. The molecule has 132 valence electrons. The molecule has 0 saturated heterocycles. The van der Waals surface area contributed by atoms with E-state index in [1.54, 1.807) is 30.3 Å². The van der Waals surface area contributed by atoms with Crippen LogP contribution in [0.5, 0.6) is 0 Å². The molecule has 1 saturated carbocycles. The van der Waals surface area contributed by atoms with Crippen LogP contribution in [-0.4, -0.2) is 37.8 Å². The number of hydrogen-bond donors (Lipinski definition) is 2. The second-order valence-electron chi connectivity index (χ2n) is 6.20. The molecular formula is C17H24N2O4S. The third kappa shape index (κ3) is 6.70. The van der Waals surface area contributed by atoms with Crippen LogP contribution < -0.4 is 10.6 Å². The zero-order chi connectivity index (χ0) is 17.4. The molecule has 6 nitrogen and oxygen atoms in total. The molecule has 0 unspecified atom stereocenters. The van der Waals surface area contributed by atoms with Crippen LogP contribution in [0.2, 0.25) is 0 Å². The Morgan fingerprint density at radius 1 is 0.917 bits per heavy atom. The summed E-state index contributed by atoms with van der Waals surface area (Å²) in [5.41, 5.74) is 0.528. The molecule has 0 radical (unpaired) electrons. The topological polar surface area (TPSA) is 92.3 Å². The fourth-order valence-electron chi connectivity index (χ4n) is 2.86. The Bertz CT molecular complexity index is 650. The maximum Gasteiger partial charge on any atom is 0.239 e. The molecule has 7 heteroatoms. The number of sulfone groups is 1. The van der Waals surface area contributed by atoms with Crippen LogP contribution in [-0.2, 0) is 19.4 Å². The second-order valence-corrected chi connectivity index (χ2v) is 8.27. The highest BCUT2D eigenvalue weighted by atomic mass is 32.2. The van der Waals surface area contributed by atoms with Gasteiger partial charge in [-0.2, -0.15) is 0 Å². The van der Waals surface area contributed by atoms with Crippen molar-refractivity contribution in [1.82, 2.24) is 5.32 Å². The number of amides is 2. The van der Waals surface area contributed by atoms with Gasteiger partial charge in [0.25, 0.3) is 0 Å². The summed E-state index contributed by atoms with van der Waals surface area (Å²) in [6.07, 6.45) is 6.20. The Labute approximate surface area is 142 Å². The first-order valence-corrected chi connectivity index (χ1v) is 10.1. The fraction of sp³-hybridized carbons (Fsp3) is 0.529. The number of para-hydroxylation sites is 1. The van der Waals surface area contributed by atoms with Crippen LogP contribution >= 0.6 is 0 Å². The highest BCUT2D eigenvalue weighted by Crippen LogP contribution is 2.17. The van der Waals surface area contributed by atoms with Crippen molar-refractivity contribution in [3.63, 3.8) is 0 Å². The Morgan fingerprint density at radius 2 is 1.50 bits per heavy atom. The summed E-state index contributed by atoms with van der Waals surface area (Å²) in [6, 6.07) is 8.67. The molecule has 0 bridgehead atoms. The molecule has 1 aromatic rings. The van der Waals surface area contributed by atoms with Gasteiger partial charge in [0.05, 0.1) is 0 Å². The number of carbonyl (C=O) groups excluding carboxylic acids is 2. The van der Waals surface area contributed by atoms with Crippen LogP contribution in [0.25, 0.3) is 0 Å². The maximum atomic E-state index is 12.0. The summed E-state index contributed by atoms with van der Waals surface area (Å²) in [5, 5.41) is 5.30. The number of anilines is 1. The number of benzene rings is 1. The maximum absolute atomic E-state index is 12.0. The summed E-state index contributed by atoms with van der Waals surface area (Å²) in [4.78, 5) is 23.8. The van der Waals surface area contributed by atoms with Gasteiger partial charge in [0.1, 0.15) is 11.5 Å². The predicted molar refractivity (Wildman–Crippen MR) is 93.4 cm³/mol. The summed E-state index contributed by atoms with van der Waals surface area (Å²) in [6.45, 7) is 0.